The van der Waals surface area contributed by atoms with Crippen molar-refractivity contribution in [2.45, 2.75) is 19.8 Å². The molecule has 1 saturated heterocycles. The van der Waals surface area contributed by atoms with Gasteiger partial charge in [0.15, 0.2) is 0 Å². The van der Waals surface area contributed by atoms with Gasteiger partial charge in [0.2, 0.25) is 0 Å². The van der Waals surface area contributed by atoms with E-state index in [0.717, 1.165) is 36.0 Å². The minimum Gasteiger partial charge on any atom is -0.493 e. The van der Waals surface area contributed by atoms with Gasteiger partial charge in [-0.1, -0.05) is 11.6 Å². The molecule has 0 saturated carbocycles. The van der Waals surface area contributed by atoms with Crippen molar-refractivity contribution in [3.8, 4) is 5.75 Å². The molecule has 4 heteroatoms. The van der Waals surface area contributed by atoms with Crippen molar-refractivity contribution >= 4 is 24.0 Å². The lowest BCUT2D eigenvalue weighted by Crippen LogP contribution is -2.33. The van der Waals surface area contributed by atoms with Crippen LogP contribution in [0.3, 0.4) is 0 Å². The van der Waals surface area contributed by atoms with Crippen LogP contribution < -0.4 is 10.1 Å². The van der Waals surface area contributed by atoms with Crippen LogP contribution in [0, 0.1) is 12.8 Å². The molecule has 1 atom stereocenters. The van der Waals surface area contributed by atoms with Gasteiger partial charge in [0, 0.05) is 17.5 Å². The lowest BCUT2D eigenvalue weighted by atomic mass is 10.0. The highest BCUT2D eigenvalue weighted by Gasteiger charge is 2.13. The average molecular weight is 276 g/mol. The molecule has 1 aromatic carbocycles. The smallest absolute Gasteiger partial charge is 0.122 e. The Kier molecular flexibility index (Phi) is 6.10. The number of rotatable bonds is 3. The van der Waals surface area contributed by atoms with E-state index in [1.54, 1.807) is 0 Å². The molecule has 0 aliphatic carbocycles. The van der Waals surface area contributed by atoms with Gasteiger partial charge in [0.1, 0.15) is 5.75 Å². The molecule has 1 unspecified atom stereocenters. The summed E-state index contributed by atoms with van der Waals surface area (Å²) in [5.41, 5.74) is 1.11. The van der Waals surface area contributed by atoms with Crippen molar-refractivity contribution < 1.29 is 4.74 Å². The maximum absolute atomic E-state index is 5.90. The Bertz CT molecular complexity index is 351. The van der Waals surface area contributed by atoms with Gasteiger partial charge in [-0.2, -0.15) is 0 Å². The van der Waals surface area contributed by atoms with Crippen LogP contribution in [-0.4, -0.2) is 19.7 Å². The predicted molar refractivity (Wildman–Crippen MR) is 74.5 cm³/mol. The fourth-order valence-corrected chi connectivity index (χ4v) is 2.28. The first-order valence-electron chi connectivity index (χ1n) is 5.85. The Morgan fingerprint density at radius 2 is 2.29 bits per heavy atom. The van der Waals surface area contributed by atoms with Crippen LogP contribution in [0.15, 0.2) is 18.2 Å². The predicted octanol–water partition coefficient (Wildman–Crippen LogP) is 3.45. The second-order valence-corrected chi connectivity index (χ2v) is 4.87. The van der Waals surface area contributed by atoms with Gasteiger partial charge < -0.3 is 10.1 Å². The van der Waals surface area contributed by atoms with Crippen molar-refractivity contribution in [1.29, 1.82) is 0 Å². The van der Waals surface area contributed by atoms with Gasteiger partial charge in [-0.25, -0.2) is 0 Å². The highest BCUT2D eigenvalue weighted by Crippen LogP contribution is 2.23. The quantitative estimate of drug-likeness (QED) is 0.913. The fourth-order valence-electron chi connectivity index (χ4n) is 2.05. The fraction of sp³-hybridized carbons (Fsp3) is 0.538. The zero-order chi connectivity index (χ0) is 11.4. The van der Waals surface area contributed by atoms with Gasteiger partial charge in [-0.05, 0) is 50.1 Å². The third kappa shape index (κ3) is 4.38. The molecule has 0 radical (unpaired) electrons. The summed E-state index contributed by atoms with van der Waals surface area (Å²) in [6.07, 6.45) is 2.52. The van der Waals surface area contributed by atoms with E-state index in [2.05, 4.69) is 5.32 Å². The molecule has 0 bridgehead atoms. The summed E-state index contributed by atoms with van der Waals surface area (Å²) in [7, 11) is 0. The third-order valence-corrected chi connectivity index (χ3v) is 3.25. The van der Waals surface area contributed by atoms with Crippen LogP contribution in [-0.2, 0) is 0 Å². The average Bonchev–Trinajstić information content (AvgIpc) is 2.29. The normalized spacial score (nSPS) is 19.5. The van der Waals surface area contributed by atoms with Crippen LogP contribution in [0.5, 0.6) is 5.75 Å². The van der Waals surface area contributed by atoms with E-state index < -0.39 is 0 Å². The van der Waals surface area contributed by atoms with Crippen molar-refractivity contribution in [3.63, 3.8) is 0 Å². The van der Waals surface area contributed by atoms with E-state index in [9.17, 15) is 0 Å². The molecule has 17 heavy (non-hydrogen) atoms. The topological polar surface area (TPSA) is 21.3 Å². The molecule has 0 amide bonds. The molecule has 1 aromatic rings. The molecule has 0 aromatic heterocycles. The number of halogens is 2. The zero-order valence-corrected chi connectivity index (χ0v) is 11.6. The summed E-state index contributed by atoms with van der Waals surface area (Å²) in [5, 5.41) is 4.16. The van der Waals surface area contributed by atoms with Gasteiger partial charge in [0.05, 0.1) is 6.61 Å². The second kappa shape index (κ2) is 7.10. The number of hydrogen-bond acceptors (Lipinski definition) is 2. The Labute approximate surface area is 114 Å². The van der Waals surface area contributed by atoms with Crippen LogP contribution in [0.1, 0.15) is 18.4 Å². The summed E-state index contributed by atoms with van der Waals surface area (Å²) < 4.78 is 5.83. The molecule has 1 aliphatic heterocycles. The molecule has 2 nitrogen and oxygen atoms in total. The minimum atomic E-state index is 0. The maximum Gasteiger partial charge on any atom is 0.122 e. The van der Waals surface area contributed by atoms with Crippen LogP contribution in [0.4, 0.5) is 0 Å². The number of hydrogen-bond donors (Lipinski definition) is 1. The van der Waals surface area contributed by atoms with Gasteiger partial charge in [0.25, 0.3) is 0 Å². The highest BCUT2D eigenvalue weighted by molar-refractivity contribution is 6.30. The third-order valence-electron chi connectivity index (χ3n) is 3.01. The van der Waals surface area contributed by atoms with Crippen LogP contribution in [0.2, 0.25) is 5.02 Å². The molecular weight excluding hydrogens is 257 g/mol. The monoisotopic (exact) mass is 275 g/mol. The molecule has 1 fully saturated rings. The summed E-state index contributed by atoms with van der Waals surface area (Å²) in [5.74, 6) is 1.60. The first kappa shape index (κ1) is 14.6. The molecule has 1 heterocycles. The standard InChI is InChI=1S/C13H18ClNO.ClH/c1-10-7-12(14)4-5-13(10)16-9-11-3-2-6-15-8-11;/h4-5,7,11,15H,2-3,6,8-9H2,1H3;1H. The summed E-state index contributed by atoms with van der Waals surface area (Å²) in [4.78, 5) is 0. The SMILES string of the molecule is Cc1cc(Cl)ccc1OCC1CCCNC1.Cl. The van der Waals surface area contributed by atoms with Gasteiger partial charge >= 0.3 is 0 Å². The minimum absolute atomic E-state index is 0. The number of benzene rings is 1. The van der Waals surface area contributed by atoms with Gasteiger partial charge in [-0.15, -0.1) is 12.4 Å². The van der Waals surface area contributed by atoms with Crippen molar-refractivity contribution in [2.24, 2.45) is 5.92 Å². The lowest BCUT2D eigenvalue weighted by molar-refractivity contribution is 0.217. The molecular formula is C13H19Cl2NO. The summed E-state index contributed by atoms with van der Waals surface area (Å²) in [6.45, 7) is 5.05. The molecule has 1 aliphatic rings. The summed E-state index contributed by atoms with van der Waals surface area (Å²) >= 11 is 5.90. The number of piperidine rings is 1. The van der Waals surface area contributed by atoms with Crippen molar-refractivity contribution in [1.82, 2.24) is 5.32 Å². The number of aryl methyl sites for hydroxylation is 1. The largest absolute Gasteiger partial charge is 0.493 e. The van der Waals surface area contributed by atoms with E-state index in [1.807, 2.05) is 25.1 Å². The lowest BCUT2D eigenvalue weighted by Gasteiger charge is -2.23. The van der Waals surface area contributed by atoms with Crippen LogP contribution in [0.25, 0.3) is 0 Å². The van der Waals surface area contributed by atoms with Crippen LogP contribution >= 0.6 is 24.0 Å². The second-order valence-electron chi connectivity index (χ2n) is 4.43. The van der Waals surface area contributed by atoms with E-state index in [1.165, 1.54) is 12.8 Å². The maximum atomic E-state index is 5.90. The summed E-state index contributed by atoms with van der Waals surface area (Å²) in [6, 6.07) is 5.77. The molecule has 0 spiro atoms. The number of nitrogens with one attached hydrogen (secondary N) is 1. The Morgan fingerprint density at radius 1 is 1.47 bits per heavy atom. The molecule has 96 valence electrons. The molecule has 1 N–H and O–H groups in total. The first-order valence-corrected chi connectivity index (χ1v) is 6.23. The zero-order valence-electron chi connectivity index (χ0n) is 10.0. The Balaban J connectivity index is 0.00000144. The van der Waals surface area contributed by atoms with E-state index in [0.29, 0.717) is 5.92 Å². The Hall–Kier alpha value is -0.440. The Morgan fingerprint density at radius 3 is 2.94 bits per heavy atom. The van der Waals surface area contributed by atoms with Gasteiger partial charge in [-0.3, -0.25) is 0 Å². The van der Waals surface area contributed by atoms with E-state index >= 15 is 0 Å². The van der Waals surface area contributed by atoms with E-state index in [-0.39, 0.29) is 12.4 Å². The van der Waals surface area contributed by atoms with Crippen molar-refractivity contribution in [3.05, 3.63) is 28.8 Å². The highest BCUT2D eigenvalue weighted by atomic mass is 35.5. The van der Waals surface area contributed by atoms with Crippen molar-refractivity contribution in [2.75, 3.05) is 19.7 Å². The molecule has 2 rings (SSSR count). The van der Waals surface area contributed by atoms with E-state index in [4.69, 9.17) is 16.3 Å². The number of ether oxygens (including phenoxy) is 1. The first-order chi connectivity index (χ1) is 7.75.